The predicted octanol–water partition coefficient (Wildman–Crippen LogP) is -8.04. The van der Waals surface area contributed by atoms with Crippen LogP contribution in [-0.2, 0) is 33.9 Å². The van der Waals surface area contributed by atoms with Gasteiger partial charge in [-0.2, -0.15) is 0 Å². The largest absolute Gasteiger partial charge is 1.00 e. The minimum Gasteiger partial charge on any atom is -0.726 e. The smallest absolute Gasteiger partial charge is 0.726 e. The summed E-state index contributed by atoms with van der Waals surface area (Å²) in [7, 11) is -9.49. The van der Waals surface area contributed by atoms with Gasteiger partial charge in [-0.3, -0.25) is 8.37 Å². The third kappa shape index (κ3) is 22.5. The zero-order valence-corrected chi connectivity index (χ0v) is 11.0. The summed E-state index contributed by atoms with van der Waals surface area (Å²) < 4.78 is 71.3. The monoisotopic (exact) mass is 278 g/mol. The fourth-order valence-electron chi connectivity index (χ4n) is 0.492. The van der Waals surface area contributed by atoms with Crippen LogP contribution in [0.4, 0.5) is 0 Å². The average Bonchev–Trinajstić information content (AvgIpc) is 1.98. The zero-order chi connectivity index (χ0) is 11.9. The van der Waals surface area contributed by atoms with Crippen LogP contribution < -0.4 is 37.7 Å². The summed E-state index contributed by atoms with van der Waals surface area (Å²) >= 11 is 0. The van der Waals surface area contributed by atoms with Gasteiger partial charge in [-0.15, -0.1) is 0 Å². The van der Waals surface area contributed by atoms with Gasteiger partial charge in [0.05, 0.1) is 26.4 Å². The standard InChI is InChI=1S/C4H10O9S2.2Li/c5-14(6,7)12-3-1-11-2-4-13-15(8,9)10;;/h1-4H2,(H,5,6,7)(H,8,9,10);;/q;2*+1/p-2. The van der Waals surface area contributed by atoms with E-state index in [0.29, 0.717) is 0 Å². The van der Waals surface area contributed by atoms with E-state index in [-0.39, 0.29) is 50.9 Å². The van der Waals surface area contributed by atoms with Crippen LogP contribution in [0, 0.1) is 0 Å². The van der Waals surface area contributed by atoms with Crippen LogP contribution in [0.1, 0.15) is 0 Å². The van der Waals surface area contributed by atoms with E-state index in [0.717, 1.165) is 0 Å². The summed E-state index contributed by atoms with van der Waals surface area (Å²) in [6, 6.07) is 0. The average molecular weight is 278 g/mol. The van der Waals surface area contributed by atoms with Crippen LogP contribution in [0.15, 0.2) is 0 Å². The van der Waals surface area contributed by atoms with E-state index in [1.54, 1.807) is 0 Å². The molecule has 0 spiro atoms. The van der Waals surface area contributed by atoms with E-state index >= 15 is 0 Å². The molecule has 0 aromatic heterocycles. The Bertz CT molecular complexity index is 326. The molecule has 0 amide bonds. The van der Waals surface area contributed by atoms with Crippen LogP contribution in [0.3, 0.4) is 0 Å². The first-order valence-corrected chi connectivity index (χ1v) is 6.15. The molecule has 13 heteroatoms. The third-order valence-corrected chi connectivity index (χ3v) is 1.82. The van der Waals surface area contributed by atoms with Crippen molar-refractivity contribution in [2.75, 3.05) is 26.4 Å². The molecule has 0 unspecified atom stereocenters. The number of rotatable bonds is 8. The Morgan fingerprint density at radius 1 is 0.706 bits per heavy atom. The van der Waals surface area contributed by atoms with Gasteiger partial charge in [0.1, 0.15) is 0 Å². The first-order chi connectivity index (χ1) is 6.71. The molecule has 0 heterocycles. The molecule has 0 radical (unpaired) electrons. The minimum atomic E-state index is -4.75. The summed E-state index contributed by atoms with van der Waals surface area (Å²) in [5, 5.41) is 0. The van der Waals surface area contributed by atoms with Gasteiger partial charge in [-0.05, 0) is 0 Å². The maximum Gasteiger partial charge on any atom is 1.00 e. The molecule has 0 atom stereocenters. The van der Waals surface area contributed by atoms with Crippen LogP contribution in [0.2, 0.25) is 0 Å². The number of ether oxygens (including phenoxy) is 1. The van der Waals surface area contributed by atoms with E-state index in [1.165, 1.54) is 0 Å². The summed E-state index contributed by atoms with van der Waals surface area (Å²) in [6.07, 6.45) is 0. The molecule has 9 nitrogen and oxygen atoms in total. The predicted molar refractivity (Wildman–Crippen MR) is 42.1 cm³/mol. The van der Waals surface area contributed by atoms with Crippen molar-refractivity contribution in [2.24, 2.45) is 0 Å². The molecule has 0 aromatic rings. The summed E-state index contributed by atoms with van der Waals surface area (Å²) in [5.41, 5.74) is 0. The van der Waals surface area contributed by atoms with E-state index in [9.17, 15) is 25.9 Å². The molecule has 17 heavy (non-hydrogen) atoms. The second-order valence-electron chi connectivity index (χ2n) is 2.07. The fourth-order valence-corrected chi connectivity index (χ4v) is 1.04. The van der Waals surface area contributed by atoms with Crippen molar-refractivity contribution >= 4 is 20.8 Å². The molecular weight excluding hydrogens is 270 g/mol. The molecule has 0 aliphatic heterocycles. The van der Waals surface area contributed by atoms with E-state index < -0.39 is 34.0 Å². The Morgan fingerprint density at radius 3 is 1.24 bits per heavy atom. The summed E-state index contributed by atoms with van der Waals surface area (Å²) in [5.74, 6) is 0. The molecule has 0 rings (SSSR count). The number of hydrogen-bond donors (Lipinski definition) is 0. The Balaban J connectivity index is -0.000000980. The SMILES string of the molecule is O=S(=O)([O-])OCCOCCOS(=O)(=O)[O-].[Li+].[Li+]. The van der Waals surface area contributed by atoms with Crippen molar-refractivity contribution in [3.63, 3.8) is 0 Å². The van der Waals surface area contributed by atoms with E-state index in [4.69, 9.17) is 0 Å². The topological polar surface area (TPSA) is 142 Å². The van der Waals surface area contributed by atoms with E-state index in [2.05, 4.69) is 13.1 Å². The first-order valence-electron chi connectivity index (χ1n) is 3.49. The molecule has 0 aromatic carbocycles. The van der Waals surface area contributed by atoms with Gasteiger partial charge in [-0.1, -0.05) is 0 Å². The molecular formula is C4H8Li2O9S2. The van der Waals surface area contributed by atoms with Gasteiger partial charge in [0.25, 0.3) is 0 Å². The van der Waals surface area contributed by atoms with Crippen molar-refractivity contribution in [3.8, 4) is 0 Å². The molecule has 0 saturated heterocycles. The maximum absolute atomic E-state index is 9.87. The fraction of sp³-hybridized carbons (Fsp3) is 1.00. The van der Waals surface area contributed by atoms with Gasteiger partial charge in [0.15, 0.2) is 0 Å². The molecule has 0 aliphatic rings. The zero-order valence-electron chi connectivity index (χ0n) is 9.32. The Kier molecular flexibility index (Phi) is 14.6. The quantitative estimate of drug-likeness (QED) is 0.183. The molecule has 0 N–H and O–H groups in total. The minimum absolute atomic E-state index is 0. The van der Waals surface area contributed by atoms with Crippen LogP contribution >= 0.6 is 0 Å². The van der Waals surface area contributed by atoms with Crippen molar-refractivity contribution in [2.45, 2.75) is 0 Å². The molecule has 0 fully saturated rings. The van der Waals surface area contributed by atoms with Gasteiger partial charge in [-0.25, -0.2) is 16.8 Å². The van der Waals surface area contributed by atoms with Crippen LogP contribution in [0.25, 0.3) is 0 Å². The van der Waals surface area contributed by atoms with Gasteiger partial charge >= 0.3 is 37.7 Å². The molecule has 0 saturated carbocycles. The van der Waals surface area contributed by atoms with Gasteiger partial charge < -0.3 is 13.8 Å². The van der Waals surface area contributed by atoms with Crippen LogP contribution in [-0.4, -0.2) is 52.4 Å². The first kappa shape index (κ1) is 23.0. The van der Waals surface area contributed by atoms with Crippen molar-refractivity contribution in [1.29, 1.82) is 0 Å². The van der Waals surface area contributed by atoms with Crippen molar-refractivity contribution in [1.82, 2.24) is 0 Å². The van der Waals surface area contributed by atoms with E-state index in [1.807, 2.05) is 0 Å². The van der Waals surface area contributed by atoms with Crippen molar-refractivity contribution < 1.29 is 76.8 Å². The van der Waals surface area contributed by atoms with Crippen molar-refractivity contribution in [3.05, 3.63) is 0 Å². The molecule has 92 valence electrons. The second kappa shape index (κ2) is 10.8. The third-order valence-electron chi connectivity index (χ3n) is 0.911. The Hall–Kier alpha value is 0.895. The number of hydrogen-bond acceptors (Lipinski definition) is 9. The van der Waals surface area contributed by atoms with Gasteiger partial charge in [0, 0.05) is 0 Å². The van der Waals surface area contributed by atoms with Crippen LogP contribution in [0.5, 0.6) is 0 Å². The Labute approximate surface area is 123 Å². The summed E-state index contributed by atoms with van der Waals surface area (Å²) in [4.78, 5) is 0. The molecule has 0 aliphatic carbocycles. The Morgan fingerprint density at radius 2 is 1.00 bits per heavy atom. The normalized spacial score (nSPS) is 11.4. The second-order valence-corrected chi connectivity index (χ2v) is 4.18. The van der Waals surface area contributed by atoms with Gasteiger partial charge in [0.2, 0.25) is 20.8 Å². The molecule has 0 bridgehead atoms. The maximum atomic E-state index is 9.87. The summed E-state index contributed by atoms with van der Waals surface area (Å²) in [6.45, 7) is -1.47.